The first-order chi connectivity index (χ1) is 10.2. The molecule has 1 fully saturated rings. The molecule has 21 heavy (non-hydrogen) atoms. The van der Waals surface area contributed by atoms with Gasteiger partial charge in [0.05, 0.1) is 5.56 Å². The third kappa shape index (κ3) is 3.64. The first kappa shape index (κ1) is 16.0. The minimum absolute atomic E-state index is 0.206. The van der Waals surface area contributed by atoms with Crippen LogP contribution in [0.1, 0.15) is 45.1 Å². The van der Waals surface area contributed by atoms with Gasteiger partial charge in [0.15, 0.2) is 5.84 Å². The van der Waals surface area contributed by atoms with Crippen molar-refractivity contribution in [2.45, 2.75) is 50.5 Å². The maximum Gasteiger partial charge on any atom is 0.173 e. The fourth-order valence-corrected chi connectivity index (χ4v) is 3.81. The van der Waals surface area contributed by atoms with Crippen LogP contribution >= 0.6 is 11.8 Å². The molecular formula is C16H25N3OS. The molecule has 116 valence electrons. The molecule has 0 bridgehead atoms. The van der Waals surface area contributed by atoms with E-state index >= 15 is 0 Å². The summed E-state index contributed by atoms with van der Waals surface area (Å²) >= 11 is 1.73. The molecule has 4 nitrogen and oxygen atoms in total. The molecule has 1 saturated heterocycles. The summed E-state index contributed by atoms with van der Waals surface area (Å²) < 4.78 is 0. The van der Waals surface area contributed by atoms with Crippen LogP contribution in [0.2, 0.25) is 0 Å². The largest absolute Gasteiger partial charge is 0.409 e. The Hall–Kier alpha value is -1.36. The normalized spacial score (nSPS) is 20.4. The molecule has 1 heterocycles. The van der Waals surface area contributed by atoms with Crippen molar-refractivity contribution in [3.8, 4) is 0 Å². The molecule has 0 amide bonds. The summed E-state index contributed by atoms with van der Waals surface area (Å²) in [5.41, 5.74) is 7.95. The number of thioether (sulfide) groups is 1. The second-order valence-electron chi connectivity index (χ2n) is 5.46. The summed E-state index contributed by atoms with van der Waals surface area (Å²) in [5, 5.41) is 12.4. The molecule has 3 N–H and O–H groups in total. The smallest absolute Gasteiger partial charge is 0.173 e. The van der Waals surface area contributed by atoms with E-state index in [0.29, 0.717) is 6.04 Å². The molecule has 0 aliphatic carbocycles. The van der Waals surface area contributed by atoms with Crippen LogP contribution in [-0.2, 0) is 0 Å². The number of oxime groups is 1. The molecular weight excluding hydrogens is 282 g/mol. The minimum Gasteiger partial charge on any atom is -0.409 e. The fourth-order valence-electron chi connectivity index (χ4n) is 2.97. The lowest BCUT2D eigenvalue weighted by Crippen LogP contribution is -2.34. The van der Waals surface area contributed by atoms with E-state index < -0.39 is 0 Å². The zero-order valence-electron chi connectivity index (χ0n) is 12.9. The predicted octanol–water partition coefficient (Wildman–Crippen LogP) is 3.66. The van der Waals surface area contributed by atoms with Gasteiger partial charge in [-0.3, -0.25) is 0 Å². The SMILES string of the molecule is CCSc1cccc(N2CCCCCC2C)c1/C(N)=N/O. The van der Waals surface area contributed by atoms with E-state index in [9.17, 15) is 0 Å². The topological polar surface area (TPSA) is 61.8 Å². The van der Waals surface area contributed by atoms with Crippen molar-refractivity contribution in [3.63, 3.8) is 0 Å². The number of hydrogen-bond acceptors (Lipinski definition) is 4. The molecule has 1 atom stereocenters. The Morgan fingerprint density at radius 2 is 2.24 bits per heavy atom. The number of anilines is 1. The van der Waals surface area contributed by atoms with E-state index in [0.717, 1.165) is 28.4 Å². The standard InChI is InChI=1S/C16H25N3OS/c1-3-21-14-10-7-9-13(15(14)16(17)18-20)19-11-6-4-5-8-12(19)2/h7,9-10,12,20H,3-6,8,11H2,1-2H3,(H2,17,18). The van der Waals surface area contributed by atoms with Gasteiger partial charge in [-0.25, -0.2) is 0 Å². The molecule has 5 heteroatoms. The minimum atomic E-state index is 0.206. The van der Waals surface area contributed by atoms with E-state index in [1.54, 1.807) is 11.8 Å². The lowest BCUT2D eigenvalue weighted by Gasteiger charge is -2.31. The molecule has 2 rings (SSSR count). The van der Waals surface area contributed by atoms with Gasteiger partial charge < -0.3 is 15.8 Å². The Kier molecular flexibility index (Phi) is 5.79. The van der Waals surface area contributed by atoms with Crippen molar-refractivity contribution in [2.75, 3.05) is 17.2 Å². The molecule has 0 radical (unpaired) electrons. The number of nitrogens with two attached hydrogens (primary N) is 1. The number of benzene rings is 1. The van der Waals surface area contributed by atoms with Crippen molar-refractivity contribution < 1.29 is 5.21 Å². The van der Waals surface area contributed by atoms with Gasteiger partial charge in [0.1, 0.15) is 0 Å². The highest BCUT2D eigenvalue weighted by molar-refractivity contribution is 7.99. The van der Waals surface area contributed by atoms with Gasteiger partial charge in [0.2, 0.25) is 0 Å². The van der Waals surface area contributed by atoms with Crippen molar-refractivity contribution in [3.05, 3.63) is 23.8 Å². The van der Waals surface area contributed by atoms with E-state index in [2.05, 4.69) is 36.0 Å². The van der Waals surface area contributed by atoms with Gasteiger partial charge in [0.25, 0.3) is 0 Å². The van der Waals surface area contributed by atoms with Gasteiger partial charge in [-0.05, 0) is 37.7 Å². The lowest BCUT2D eigenvalue weighted by atomic mass is 10.1. The van der Waals surface area contributed by atoms with Gasteiger partial charge in [-0.15, -0.1) is 11.8 Å². The van der Waals surface area contributed by atoms with Crippen LogP contribution in [0.15, 0.2) is 28.3 Å². The summed E-state index contributed by atoms with van der Waals surface area (Å²) in [5.74, 6) is 1.17. The van der Waals surface area contributed by atoms with Crippen LogP contribution < -0.4 is 10.6 Å². The van der Waals surface area contributed by atoms with Crippen molar-refractivity contribution in [1.29, 1.82) is 0 Å². The molecule has 1 aromatic carbocycles. The highest BCUT2D eigenvalue weighted by Gasteiger charge is 2.23. The summed E-state index contributed by atoms with van der Waals surface area (Å²) in [4.78, 5) is 3.50. The Bertz CT molecular complexity index is 504. The summed E-state index contributed by atoms with van der Waals surface area (Å²) in [7, 11) is 0. The molecule has 0 aromatic heterocycles. The van der Waals surface area contributed by atoms with E-state index in [1.807, 2.05) is 6.07 Å². The Morgan fingerprint density at radius 1 is 1.43 bits per heavy atom. The highest BCUT2D eigenvalue weighted by Crippen LogP contribution is 2.33. The predicted molar refractivity (Wildman–Crippen MR) is 90.6 cm³/mol. The van der Waals surface area contributed by atoms with Crippen LogP contribution in [0.4, 0.5) is 5.69 Å². The third-order valence-electron chi connectivity index (χ3n) is 4.03. The Balaban J connectivity index is 2.48. The fraction of sp³-hybridized carbons (Fsp3) is 0.562. The van der Waals surface area contributed by atoms with Crippen molar-refractivity contribution in [2.24, 2.45) is 10.9 Å². The lowest BCUT2D eigenvalue weighted by molar-refractivity contribution is 0.318. The van der Waals surface area contributed by atoms with Gasteiger partial charge in [0, 0.05) is 23.2 Å². The number of amidine groups is 1. The second-order valence-corrected chi connectivity index (χ2v) is 6.77. The molecule has 0 spiro atoms. The number of hydrogen-bond donors (Lipinski definition) is 2. The third-order valence-corrected chi connectivity index (χ3v) is 4.97. The second kappa shape index (κ2) is 7.59. The van der Waals surface area contributed by atoms with Gasteiger partial charge in [-0.1, -0.05) is 31.0 Å². The molecule has 0 saturated carbocycles. The van der Waals surface area contributed by atoms with Crippen LogP contribution in [0.3, 0.4) is 0 Å². The Morgan fingerprint density at radius 3 is 2.95 bits per heavy atom. The molecule has 1 aliphatic rings. The van der Waals surface area contributed by atoms with Crippen molar-refractivity contribution in [1.82, 2.24) is 0 Å². The van der Waals surface area contributed by atoms with Crippen LogP contribution in [-0.4, -0.2) is 29.4 Å². The molecule has 1 unspecified atom stereocenters. The first-order valence-corrected chi connectivity index (χ1v) is 8.68. The first-order valence-electron chi connectivity index (χ1n) is 7.69. The maximum absolute atomic E-state index is 9.16. The molecule has 1 aliphatic heterocycles. The van der Waals surface area contributed by atoms with Crippen LogP contribution in [0, 0.1) is 0 Å². The summed E-state index contributed by atoms with van der Waals surface area (Å²) in [6.45, 7) is 5.41. The van der Waals surface area contributed by atoms with E-state index in [-0.39, 0.29) is 5.84 Å². The van der Waals surface area contributed by atoms with E-state index in [4.69, 9.17) is 10.9 Å². The monoisotopic (exact) mass is 307 g/mol. The van der Waals surface area contributed by atoms with Gasteiger partial charge >= 0.3 is 0 Å². The molecule has 1 aromatic rings. The maximum atomic E-state index is 9.16. The van der Waals surface area contributed by atoms with Crippen molar-refractivity contribution >= 4 is 23.3 Å². The van der Waals surface area contributed by atoms with E-state index in [1.165, 1.54) is 25.7 Å². The Labute approximate surface area is 131 Å². The zero-order chi connectivity index (χ0) is 15.2. The zero-order valence-corrected chi connectivity index (χ0v) is 13.7. The summed E-state index contributed by atoms with van der Waals surface area (Å²) in [6.07, 6.45) is 4.95. The average Bonchev–Trinajstić information content (AvgIpc) is 2.71. The quantitative estimate of drug-likeness (QED) is 0.293. The van der Waals surface area contributed by atoms with Crippen LogP contribution in [0.25, 0.3) is 0 Å². The van der Waals surface area contributed by atoms with Gasteiger partial charge in [-0.2, -0.15) is 0 Å². The number of rotatable bonds is 4. The average molecular weight is 307 g/mol. The summed E-state index contributed by atoms with van der Waals surface area (Å²) in [6, 6.07) is 6.70. The van der Waals surface area contributed by atoms with Crippen LogP contribution in [0.5, 0.6) is 0 Å². The number of nitrogens with zero attached hydrogens (tertiary/aromatic N) is 2. The highest BCUT2D eigenvalue weighted by atomic mass is 32.2.